The van der Waals surface area contributed by atoms with Crippen LogP contribution in [0.25, 0.3) is 0 Å². The summed E-state index contributed by atoms with van der Waals surface area (Å²) < 4.78 is 0. The number of rotatable bonds is 10. The Balaban J connectivity index is 1.41. The average Bonchev–Trinajstić information content (AvgIpc) is 3.29. The molecule has 3 rings (SSSR count). The number of amides is 2. The Morgan fingerprint density at radius 2 is 1.57 bits per heavy atom. The first-order valence-electron chi connectivity index (χ1n) is 9.57. The Morgan fingerprint density at radius 3 is 2.33 bits per heavy atom. The number of hydrogen-bond donors (Lipinski definition) is 2. The lowest BCUT2D eigenvalue weighted by Gasteiger charge is -2.11. The number of hydrogen-bond acceptors (Lipinski definition) is 5. The zero-order chi connectivity index (χ0) is 21.2. The van der Waals surface area contributed by atoms with Gasteiger partial charge in [-0.3, -0.25) is 14.4 Å². The van der Waals surface area contributed by atoms with Crippen LogP contribution < -0.4 is 10.6 Å². The van der Waals surface area contributed by atoms with Crippen LogP contribution in [-0.2, 0) is 9.59 Å². The molecular weight excluding hydrogens is 416 g/mol. The van der Waals surface area contributed by atoms with E-state index in [0.29, 0.717) is 4.88 Å². The third-order valence-corrected chi connectivity index (χ3v) is 6.18. The smallest absolute Gasteiger partial charge is 0.226 e. The molecule has 0 saturated heterocycles. The van der Waals surface area contributed by atoms with Gasteiger partial charge in [-0.1, -0.05) is 48.2 Å². The van der Waals surface area contributed by atoms with E-state index in [2.05, 4.69) is 10.6 Å². The minimum Gasteiger partial charge on any atom is -0.356 e. The second kappa shape index (κ2) is 11.3. The maximum atomic E-state index is 12.3. The Hall–Kier alpha value is -2.90. The van der Waals surface area contributed by atoms with E-state index in [1.54, 1.807) is 17.8 Å². The number of anilines is 1. The molecule has 2 aromatic carbocycles. The van der Waals surface area contributed by atoms with Crippen molar-refractivity contribution in [1.82, 2.24) is 5.32 Å². The van der Waals surface area contributed by atoms with E-state index >= 15 is 0 Å². The number of Topliss-reactive ketones (excluding diaryl/α,β-unsaturated/α-hetero) is 1. The highest BCUT2D eigenvalue weighted by molar-refractivity contribution is 7.99. The summed E-state index contributed by atoms with van der Waals surface area (Å²) in [6.07, 6.45) is 0.451. The van der Waals surface area contributed by atoms with Gasteiger partial charge in [-0.2, -0.15) is 0 Å². The molecule has 0 unspecified atom stereocenters. The summed E-state index contributed by atoms with van der Waals surface area (Å²) in [7, 11) is 0. The number of benzene rings is 2. The van der Waals surface area contributed by atoms with Crippen LogP contribution in [0.15, 0.2) is 81.9 Å². The molecular formula is C23H22N2O3S2. The molecule has 0 bridgehead atoms. The molecule has 0 aliphatic rings. The van der Waals surface area contributed by atoms with Gasteiger partial charge in [0.2, 0.25) is 11.8 Å². The number of nitrogens with one attached hydrogen (secondary N) is 2. The van der Waals surface area contributed by atoms with Crippen LogP contribution in [0.3, 0.4) is 0 Å². The fourth-order valence-electron chi connectivity index (χ4n) is 2.68. The maximum absolute atomic E-state index is 12.3. The molecule has 0 atom stereocenters. The van der Waals surface area contributed by atoms with Crippen molar-refractivity contribution in [1.29, 1.82) is 0 Å². The molecule has 0 radical (unpaired) electrons. The lowest BCUT2D eigenvalue weighted by molar-refractivity contribution is -0.121. The summed E-state index contributed by atoms with van der Waals surface area (Å²) in [5.74, 6) is -0.441. The summed E-state index contributed by atoms with van der Waals surface area (Å²) in [4.78, 5) is 38.8. The first-order valence-corrected chi connectivity index (χ1v) is 11.3. The van der Waals surface area contributed by atoms with E-state index < -0.39 is 0 Å². The van der Waals surface area contributed by atoms with Gasteiger partial charge in [0, 0.05) is 35.6 Å². The molecule has 1 heterocycles. The van der Waals surface area contributed by atoms with Gasteiger partial charge in [0.05, 0.1) is 10.6 Å². The second-order valence-corrected chi connectivity index (χ2v) is 8.52. The molecule has 0 saturated carbocycles. The van der Waals surface area contributed by atoms with Crippen molar-refractivity contribution in [2.45, 2.75) is 29.1 Å². The SMILES string of the molecule is O=C(CCC(=O)c1cccs1)NCCC(=O)Nc1ccccc1Sc1ccccc1. The highest BCUT2D eigenvalue weighted by atomic mass is 32.2. The molecule has 3 aromatic rings. The highest BCUT2D eigenvalue weighted by Crippen LogP contribution is 2.33. The number of para-hydroxylation sites is 1. The second-order valence-electron chi connectivity index (χ2n) is 6.46. The highest BCUT2D eigenvalue weighted by Gasteiger charge is 2.11. The zero-order valence-corrected chi connectivity index (χ0v) is 17.9. The third kappa shape index (κ3) is 6.86. The average molecular weight is 439 g/mol. The minimum absolute atomic E-state index is 0.0367. The zero-order valence-electron chi connectivity index (χ0n) is 16.3. The van der Waals surface area contributed by atoms with E-state index in [-0.39, 0.29) is 43.4 Å². The van der Waals surface area contributed by atoms with Crippen LogP contribution in [0, 0.1) is 0 Å². The predicted octanol–water partition coefficient (Wildman–Crippen LogP) is 5.01. The molecule has 5 nitrogen and oxygen atoms in total. The van der Waals surface area contributed by atoms with Crippen molar-refractivity contribution in [3.8, 4) is 0 Å². The summed E-state index contributed by atoms with van der Waals surface area (Å²) in [5, 5.41) is 7.45. The first kappa shape index (κ1) is 21.8. The monoisotopic (exact) mass is 438 g/mol. The minimum atomic E-state index is -0.229. The Bertz CT molecular complexity index is 989. The van der Waals surface area contributed by atoms with Crippen molar-refractivity contribution < 1.29 is 14.4 Å². The van der Waals surface area contributed by atoms with E-state index in [1.807, 2.05) is 66.0 Å². The maximum Gasteiger partial charge on any atom is 0.226 e. The van der Waals surface area contributed by atoms with Gasteiger partial charge < -0.3 is 10.6 Å². The summed E-state index contributed by atoms with van der Waals surface area (Å²) in [5.41, 5.74) is 0.740. The lowest BCUT2D eigenvalue weighted by Crippen LogP contribution is -2.28. The predicted molar refractivity (Wildman–Crippen MR) is 121 cm³/mol. The quantitative estimate of drug-likeness (QED) is 0.437. The topological polar surface area (TPSA) is 75.3 Å². The first-order chi connectivity index (χ1) is 14.6. The van der Waals surface area contributed by atoms with Gasteiger partial charge in [0.25, 0.3) is 0 Å². The molecule has 2 amide bonds. The van der Waals surface area contributed by atoms with E-state index in [9.17, 15) is 14.4 Å². The third-order valence-electron chi connectivity index (χ3n) is 4.18. The van der Waals surface area contributed by atoms with Gasteiger partial charge in [-0.15, -0.1) is 11.3 Å². The van der Waals surface area contributed by atoms with Gasteiger partial charge in [0.1, 0.15) is 0 Å². The normalized spacial score (nSPS) is 10.4. The number of carbonyl (C=O) groups excluding carboxylic acids is 3. The van der Waals surface area contributed by atoms with E-state index in [1.165, 1.54) is 11.3 Å². The van der Waals surface area contributed by atoms with Crippen molar-refractivity contribution in [2.24, 2.45) is 0 Å². The number of ketones is 1. The summed E-state index contributed by atoms with van der Waals surface area (Å²) in [6.45, 7) is 0.228. The van der Waals surface area contributed by atoms with E-state index in [0.717, 1.165) is 15.5 Å². The van der Waals surface area contributed by atoms with Crippen molar-refractivity contribution in [2.75, 3.05) is 11.9 Å². The Kier molecular flexibility index (Phi) is 8.23. The van der Waals surface area contributed by atoms with Gasteiger partial charge in [0.15, 0.2) is 5.78 Å². The molecule has 30 heavy (non-hydrogen) atoms. The number of carbonyl (C=O) groups is 3. The van der Waals surface area contributed by atoms with Gasteiger partial charge in [-0.05, 0) is 35.7 Å². The van der Waals surface area contributed by atoms with Crippen molar-refractivity contribution in [3.63, 3.8) is 0 Å². The molecule has 0 spiro atoms. The van der Waals surface area contributed by atoms with Crippen molar-refractivity contribution >= 4 is 46.4 Å². The van der Waals surface area contributed by atoms with Crippen LogP contribution in [0.2, 0.25) is 0 Å². The van der Waals surface area contributed by atoms with Crippen LogP contribution in [0.1, 0.15) is 28.9 Å². The van der Waals surface area contributed by atoms with Crippen LogP contribution in [0.4, 0.5) is 5.69 Å². The largest absolute Gasteiger partial charge is 0.356 e. The molecule has 0 aliphatic heterocycles. The van der Waals surface area contributed by atoms with Crippen molar-refractivity contribution in [3.05, 3.63) is 77.0 Å². The van der Waals surface area contributed by atoms with Gasteiger partial charge in [-0.25, -0.2) is 0 Å². The van der Waals surface area contributed by atoms with Gasteiger partial charge >= 0.3 is 0 Å². The van der Waals surface area contributed by atoms with E-state index in [4.69, 9.17) is 0 Å². The standard InChI is InChI=1S/C23H22N2O3S2/c26-19(21-11-6-16-29-21)12-13-22(27)24-15-14-23(28)25-18-9-4-5-10-20(18)30-17-7-2-1-3-8-17/h1-11,16H,12-15H2,(H,24,27)(H,25,28). The fraction of sp³-hybridized carbons (Fsp3) is 0.174. The van der Waals surface area contributed by atoms with Crippen LogP contribution in [0.5, 0.6) is 0 Å². The lowest BCUT2D eigenvalue weighted by atomic mass is 10.2. The Labute approximate surface area is 183 Å². The number of thiophene rings is 1. The summed E-state index contributed by atoms with van der Waals surface area (Å²) >= 11 is 2.95. The van der Waals surface area contributed by atoms with Crippen LogP contribution >= 0.6 is 23.1 Å². The molecule has 0 fully saturated rings. The Morgan fingerprint density at radius 1 is 0.800 bits per heavy atom. The summed E-state index contributed by atoms with van der Waals surface area (Å²) in [6, 6.07) is 21.1. The molecule has 7 heteroatoms. The molecule has 154 valence electrons. The molecule has 2 N–H and O–H groups in total. The molecule has 0 aliphatic carbocycles. The fourth-order valence-corrected chi connectivity index (χ4v) is 4.30. The molecule has 1 aromatic heterocycles. The van der Waals surface area contributed by atoms with Crippen LogP contribution in [-0.4, -0.2) is 24.1 Å².